The molecule has 0 aromatic carbocycles. The molecule has 0 radical (unpaired) electrons. The Morgan fingerprint density at radius 2 is 2.20 bits per heavy atom. The minimum atomic E-state index is -0.657. The normalized spacial score (nSPS) is 10.1. The van der Waals surface area contributed by atoms with Crippen LogP contribution in [0.25, 0.3) is 0 Å². The van der Waals surface area contributed by atoms with Crippen molar-refractivity contribution in [2.45, 2.75) is 13.5 Å². The Morgan fingerprint density at radius 1 is 1.40 bits per heavy atom. The molecule has 2 aromatic heterocycles. The molecule has 106 valence electrons. The van der Waals surface area contributed by atoms with Crippen molar-refractivity contribution in [1.29, 1.82) is 0 Å². The summed E-state index contributed by atoms with van der Waals surface area (Å²) in [5, 5.41) is 19.2. The molecule has 10 nitrogen and oxygen atoms in total. The van der Waals surface area contributed by atoms with Crippen LogP contribution in [0.5, 0.6) is 0 Å². The van der Waals surface area contributed by atoms with Gasteiger partial charge in [0, 0.05) is 0 Å². The zero-order valence-corrected chi connectivity index (χ0v) is 10.9. The lowest BCUT2D eigenvalue weighted by atomic mass is 10.4. The summed E-state index contributed by atoms with van der Waals surface area (Å²) in [6, 6.07) is 0. The molecule has 2 rings (SSSR count). The van der Waals surface area contributed by atoms with E-state index in [4.69, 9.17) is 0 Å². The predicted octanol–water partition coefficient (Wildman–Crippen LogP) is 0.127. The van der Waals surface area contributed by atoms with Crippen molar-refractivity contribution in [2.24, 2.45) is 0 Å². The third-order valence-electron chi connectivity index (χ3n) is 2.34. The maximum absolute atomic E-state index is 11.8. The molecule has 3 N–H and O–H groups in total. The maximum atomic E-state index is 11.8. The summed E-state index contributed by atoms with van der Waals surface area (Å²) in [5.41, 5.74) is 1.34. The van der Waals surface area contributed by atoms with Gasteiger partial charge in [0.2, 0.25) is 5.91 Å². The van der Waals surface area contributed by atoms with Crippen molar-refractivity contribution in [1.82, 2.24) is 25.2 Å². The van der Waals surface area contributed by atoms with Crippen molar-refractivity contribution in [2.75, 3.05) is 17.7 Å². The zero-order chi connectivity index (χ0) is 14.5. The minimum absolute atomic E-state index is 0.0898. The fraction of sp³-hybridized carbons (Fsp3) is 0.300. The SMILES string of the molecule is COC(=O)Nc1cnn(CC(=O)Nc2cn[nH]c2C)n1. The fourth-order valence-electron chi connectivity index (χ4n) is 1.38. The third kappa shape index (κ3) is 3.31. The van der Waals surface area contributed by atoms with Crippen molar-refractivity contribution in [3.8, 4) is 0 Å². The van der Waals surface area contributed by atoms with Crippen LogP contribution < -0.4 is 10.6 Å². The molecule has 10 heteroatoms. The van der Waals surface area contributed by atoms with Gasteiger partial charge in [-0.15, -0.1) is 5.10 Å². The van der Waals surface area contributed by atoms with E-state index >= 15 is 0 Å². The molecule has 0 fully saturated rings. The molecule has 2 amide bonds. The van der Waals surface area contributed by atoms with Crippen molar-refractivity contribution >= 4 is 23.5 Å². The van der Waals surface area contributed by atoms with Crippen LogP contribution in [0, 0.1) is 6.92 Å². The number of carbonyl (C=O) groups is 2. The number of aromatic nitrogens is 5. The van der Waals surface area contributed by atoms with Gasteiger partial charge in [-0.3, -0.25) is 15.2 Å². The molecular weight excluding hydrogens is 266 g/mol. The molecule has 0 aliphatic heterocycles. The summed E-state index contributed by atoms with van der Waals surface area (Å²) in [6.45, 7) is 1.70. The van der Waals surface area contributed by atoms with Crippen molar-refractivity contribution in [3.63, 3.8) is 0 Å². The first-order valence-electron chi connectivity index (χ1n) is 5.63. The summed E-state index contributed by atoms with van der Waals surface area (Å²) in [6.07, 6.45) is 2.16. The lowest BCUT2D eigenvalue weighted by molar-refractivity contribution is -0.117. The van der Waals surface area contributed by atoms with Crippen molar-refractivity contribution in [3.05, 3.63) is 18.1 Å². The fourth-order valence-corrected chi connectivity index (χ4v) is 1.38. The van der Waals surface area contributed by atoms with Crippen LogP contribution in [-0.4, -0.2) is 44.3 Å². The highest BCUT2D eigenvalue weighted by atomic mass is 16.5. The molecule has 0 aliphatic rings. The van der Waals surface area contributed by atoms with Crippen LogP contribution in [0.3, 0.4) is 0 Å². The van der Waals surface area contributed by atoms with Gasteiger partial charge in [0.25, 0.3) is 0 Å². The van der Waals surface area contributed by atoms with Crippen LogP contribution >= 0.6 is 0 Å². The molecule has 0 bridgehead atoms. The monoisotopic (exact) mass is 279 g/mol. The molecule has 0 saturated carbocycles. The molecule has 2 aromatic rings. The first-order chi connectivity index (χ1) is 9.58. The number of nitrogens with one attached hydrogen (secondary N) is 3. The quantitative estimate of drug-likeness (QED) is 0.729. The second-order valence-electron chi connectivity index (χ2n) is 3.83. The van der Waals surface area contributed by atoms with E-state index in [0.717, 1.165) is 10.5 Å². The lowest BCUT2D eigenvalue weighted by Crippen LogP contribution is -2.20. The van der Waals surface area contributed by atoms with E-state index in [9.17, 15) is 9.59 Å². The molecule has 0 atom stereocenters. The van der Waals surface area contributed by atoms with E-state index in [1.54, 1.807) is 6.92 Å². The maximum Gasteiger partial charge on any atom is 0.412 e. The number of rotatable bonds is 4. The van der Waals surface area contributed by atoms with E-state index in [2.05, 4.69) is 35.8 Å². The molecule has 2 heterocycles. The molecule has 0 spiro atoms. The largest absolute Gasteiger partial charge is 0.453 e. The van der Waals surface area contributed by atoms with Gasteiger partial charge in [-0.2, -0.15) is 15.0 Å². The number of carbonyl (C=O) groups excluding carboxylic acids is 2. The number of H-pyrrole nitrogens is 1. The van der Waals surface area contributed by atoms with Gasteiger partial charge in [0.1, 0.15) is 6.54 Å². The average molecular weight is 279 g/mol. The Morgan fingerprint density at radius 3 is 2.85 bits per heavy atom. The molecule has 20 heavy (non-hydrogen) atoms. The van der Waals surface area contributed by atoms with Crippen LogP contribution in [-0.2, 0) is 16.1 Å². The topological polar surface area (TPSA) is 127 Å². The smallest absolute Gasteiger partial charge is 0.412 e. The summed E-state index contributed by atoms with van der Waals surface area (Å²) in [4.78, 5) is 23.9. The summed E-state index contributed by atoms with van der Waals surface area (Å²) >= 11 is 0. The third-order valence-corrected chi connectivity index (χ3v) is 2.34. The number of hydrogen-bond donors (Lipinski definition) is 3. The highest BCUT2D eigenvalue weighted by molar-refractivity contribution is 5.90. The summed E-state index contributed by atoms with van der Waals surface area (Å²) in [5.74, 6) is -0.112. The van der Waals surface area contributed by atoms with Crippen LogP contribution in [0.2, 0.25) is 0 Å². The number of ether oxygens (including phenoxy) is 1. The minimum Gasteiger partial charge on any atom is -0.453 e. The second kappa shape index (κ2) is 5.82. The van der Waals surface area contributed by atoms with Gasteiger partial charge in [-0.05, 0) is 6.92 Å². The van der Waals surface area contributed by atoms with Gasteiger partial charge in [-0.1, -0.05) is 0 Å². The van der Waals surface area contributed by atoms with Crippen LogP contribution in [0.15, 0.2) is 12.4 Å². The molecular formula is C10H13N7O3. The first kappa shape index (κ1) is 13.5. The molecule has 0 unspecified atom stereocenters. The van der Waals surface area contributed by atoms with Gasteiger partial charge in [-0.25, -0.2) is 4.79 Å². The zero-order valence-electron chi connectivity index (χ0n) is 10.9. The number of methoxy groups -OCH3 is 1. The van der Waals surface area contributed by atoms with Gasteiger partial charge >= 0.3 is 6.09 Å². The summed E-state index contributed by atoms with van der Waals surface area (Å²) < 4.78 is 4.41. The molecule has 0 aliphatic carbocycles. The van der Waals surface area contributed by atoms with Gasteiger partial charge in [0.15, 0.2) is 5.82 Å². The standard InChI is InChI=1S/C10H13N7O3/c1-6-7(3-11-15-6)13-9(18)5-17-12-4-8(16-17)14-10(19)20-2/h3-4H,5H2,1-2H3,(H,11,15)(H,13,18)(H,14,16,19). The Bertz CT molecular complexity index is 618. The number of nitrogens with zero attached hydrogens (tertiary/aromatic N) is 4. The van der Waals surface area contributed by atoms with Crippen LogP contribution in [0.1, 0.15) is 5.69 Å². The van der Waals surface area contributed by atoms with E-state index < -0.39 is 6.09 Å². The Labute approximate surface area is 113 Å². The average Bonchev–Trinajstić information content (AvgIpc) is 3.00. The Hall–Kier alpha value is -2.91. The van der Waals surface area contributed by atoms with Gasteiger partial charge in [0.05, 0.1) is 30.9 Å². The Kier molecular flexibility index (Phi) is 3.93. The second-order valence-corrected chi connectivity index (χ2v) is 3.83. The number of aromatic amines is 1. The highest BCUT2D eigenvalue weighted by Gasteiger charge is 2.10. The van der Waals surface area contributed by atoms with E-state index in [0.29, 0.717) is 5.69 Å². The van der Waals surface area contributed by atoms with Crippen molar-refractivity contribution < 1.29 is 14.3 Å². The molecule has 0 saturated heterocycles. The van der Waals surface area contributed by atoms with Gasteiger partial charge < -0.3 is 10.1 Å². The van der Waals surface area contributed by atoms with E-state index in [1.807, 2.05) is 0 Å². The van der Waals surface area contributed by atoms with E-state index in [-0.39, 0.29) is 18.3 Å². The number of anilines is 2. The first-order valence-corrected chi connectivity index (χ1v) is 5.63. The summed E-state index contributed by atoms with van der Waals surface area (Å²) in [7, 11) is 1.24. The van der Waals surface area contributed by atoms with E-state index in [1.165, 1.54) is 19.5 Å². The Balaban J connectivity index is 1.91. The number of amides is 2. The van der Waals surface area contributed by atoms with Crippen LogP contribution in [0.4, 0.5) is 16.3 Å². The number of hydrogen-bond acceptors (Lipinski definition) is 6. The highest BCUT2D eigenvalue weighted by Crippen LogP contribution is 2.09. The number of aryl methyl sites for hydroxylation is 1. The lowest BCUT2D eigenvalue weighted by Gasteiger charge is -2.02. The predicted molar refractivity (Wildman–Crippen MR) is 68.0 cm³/mol.